The van der Waals surface area contributed by atoms with E-state index in [0.29, 0.717) is 24.2 Å². The summed E-state index contributed by atoms with van der Waals surface area (Å²) < 4.78 is 5.20. The lowest BCUT2D eigenvalue weighted by Crippen LogP contribution is -2.44. The topological polar surface area (TPSA) is 74.5 Å². The smallest absolute Gasteiger partial charge is 0.317 e. The van der Waals surface area contributed by atoms with E-state index in [1.807, 2.05) is 0 Å². The molecular formula is C16H29N5O2. The fourth-order valence-corrected chi connectivity index (χ4v) is 2.83. The molecular weight excluding hydrogens is 294 g/mol. The average molecular weight is 323 g/mol. The number of hydrogen-bond donors (Lipinski definition) is 1. The highest BCUT2D eigenvalue weighted by Gasteiger charge is 2.24. The van der Waals surface area contributed by atoms with Crippen LogP contribution in [-0.2, 0) is 13.0 Å². The van der Waals surface area contributed by atoms with Gasteiger partial charge in [0.2, 0.25) is 5.89 Å². The zero-order chi connectivity index (χ0) is 16.8. The second kappa shape index (κ2) is 8.29. The number of urea groups is 1. The lowest BCUT2D eigenvalue weighted by Gasteiger charge is -2.20. The van der Waals surface area contributed by atoms with E-state index in [1.54, 1.807) is 11.9 Å². The Bertz CT molecular complexity index is 502. The lowest BCUT2D eigenvalue weighted by molar-refractivity contribution is 0.200. The zero-order valence-electron chi connectivity index (χ0n) is 14.7. The Morgan fingerprint density at radius 2 is 2.30 bits per heavy atom. The van der Waals surface area contributed by atoms with Gasteiger partial charge in [0.1, 0.15) is 0 Å². The van der Waals surface area contributed by atoms with Crippen molar-refractivity contribution in [1.29, 1.82) is 0 Å². The zero-order valence-corrected chi connectivity index (χ0v) is 14.7. The first kappa shape index (κ1) is 17.7. The highest BCUT2D eigenvalue weighted by Crippen LogP contribution is 2.10. The van der Waals surface area contributed by atoms with Crippen molar-refractivity contribution in [3.05, 3.63) is 11.7 Å². The SMILES string of the molecule is CCCN1CC[C@@H](NC(=O)N(C)Cc2noc(CC(C)C)n2)C1. The standard InChI is InChI=1S/C16H29N5O2/c1-5-7-21-8-6-13(10-21)17-16(22)20(4)11-14-18-15(23-19-14)9-12(2)3/h12-13H,5-11H2,1-4H3,(H,17,22)/t13-/m1/s1. The molecule has 2 rings (SSSR count). The van der Waals surface area contributed by atoms with Crippen molar-refractivity contribution >= 4 is 6.03 Å². The molecule has 23 heavy (non-hydrogen) atoms. The maximum Gasteiger partial charge on any atom is 0.317 e. The van der Waals surface area contributed by atoms with Crippen LogP contribution >= 0.6 is 0 Å². The Balaban J connectivity index is 1.77. The summed E-state index contributed by atoms with van der Waals surface area (Å²) in [5, 5.41) is 7.03. The second-order valence-electron chi connectivity index (χ2n) is 6.79. The maximum atomic E-state index is 12.3. The van der Waals surface area contributed by atoms with Gasteiger partial charge in [-0.05, 0) is 25.3 Å². The molecule has 0 bridgehead atoms. The minimum atomic E-state index is -0.0800. The third kappa shape index (κ3) is 5.49. The second-order valence-corrected chi connectivity index (χ2v) is 6.79. The van der Waals surface area contributed by atoms with Crippen LogP contribution < -0.4 is 5.32 Å². The number of likely N-dealkylation sites (tertiary alicyclic amines) is 1. The lowest BCUT2D eigenvalue weighted by atomic mass is 10.1. The Hall–Kier alpha value is -1.63. The number of amides is 2. The van der Waals surface area contributed by atoms with Crippen molar-refractivity contribution < 1.29 is 9.32 Å². The molecule has 1 aromatic heterocycles. The van der Waals surface area contributed by atoms with Crippen LogP contribution in [0.25, 0.3) is 0 Å². The summed E-state index contributed by atoms with van der Waals surface area (Å²) in [4.78, 5) is 20.6. The van der Waals surface area contributed by atoms with Crippen LogP contribution in [0.15, 0.2) is 4.52 Å². The molecule has 7 nitrogen and oxygen atoms in total. The van der Waals surface area contributed by atoms with Crippen molar-refractivity contribution in [2.24, 2.45) is 5.92 Å². The van der Waals surface area contributed by atoms with Crippen LogP contribution in [0.4, 0.5) is 4.79 Å². The number of hydrogen-bond acceptors (Lipinski definition) is 5. The number of nitrogens with one attached hydrogen (secondary N) is 1. The van der Waals surface area contributed by atoms with E-state index >= 15 is 0 Å². The van der Waals surface area contributed by atoms with Gasteiger partial charge in [-0.25, -0.2) is 4.79 Å². The van der Waals surface area contributed by atoms with Gasteiger partial charge in [-0.15, -0.1) is 0 Å². The van der Waals surface area contributed by atoms with Crippen LogP contribution in [0.1, 0.15) is 45.3 Å². The average Bonchev–Trinajstić information content (AvgIpc) is 3.08. The Morgan fingerprint density at radius 1 is 1.52 bits per heavy atom. The number of aromatic nitrogens is 2. The predicted molar refractivity (Wildman–Crippen MR) is 88.0 cm³/mol. The summed E-state index contributed by atoms with van der Waals surface area (Å²) in [7, 11) is 1.76. The molecule has 2 heterocycles. The van der Waals surface area contributed by atoms with E-state index in [9.17, 15) is 4.79 Å². The molecule has 0 unspecified atom stereocenters. The largest absolute Gasteiger partial charge is 0.339 e. The van der Waals surface area contributed by atoms with Crippen LogP contribution in [0, 0.1) is 5.92 Å². The molecule has 1 fully saturated rings. The fourth-order valence-electron chi connectivity index (χ4n) is 2.83. The Labute approximate surface area is 138 Å². The molecule has 0 spiro atoms. The van der Waals surface area contributed by atoms with Crippen LogP contribution in [-0.4, -0.2) is 58.7 Å². The van der Waals surface area contributed by atoms with Crippen molar-refractivity contribution in [1.82, 2.24) is 25.3 Å². The normalized spacial score (nSPS) is 18.6. The maximum absolute atomic E-state index is 12.3. The quantitative estimate of drug-likeness (QED) is 0.829. The molecule has 2 amide bonds. The molecule has 1 aromatic rings. The first-order valence-electron chi connectivity index (χ1n) is 8.53. The van der Waals surface area contributed by atoms with E-state index in [1.165, 1.54) is 0 Å². The van der Waals surface area contributed by atoms with Gasteiger partial charge < -0.3 is 19.6 Å². The van der Waals surface area contributed by atoms with E-state index in [-0.39, 0.29) is 12.1 Å². The van der Waals surface area contributed by atoms with Crippen molar-refractivity contribution in [3.8, 4) is 0 Å². The van der Waals surface area contributed by atoms with E-state index in [4.69, 9.17) is 4.52 Å². The Morgan fingerprint density at radius 3 is 3.00 bits per heavy atom. The summed E-state index contributed by atoms with van der Waals surface area (Å²) in [6.07, 6.45) is 2.93. The summed E-state index contributed by atoms with van der Waals surface area (Å²) >= 11 is 0. The monoisotopic (exact) mass is 323 g/mol. The minimum Gasteiger partial charge on any atom is -0.339 e. The molecule has 1 aliphatic rings. The van der Waals surface area contributed by atoms with Crippen LogP contribution in [0.5, 0.6) is 0 Å². The predicted octanol–water partition coefficient (Wildman–Crippen LogP) is 1.89. The first-order chi connectivity index (χ1) is 11.0. The van der Waals surface area contributed by atoms with Gasteiger partial charge in [0, 0.05) is 32.6 Å². The summed E-state index contributed by atoms with van der Waals surface area (Å²) in [6.45, 7) is 9.85. The minimum absolute atomic E-state index is 0.0800. The van der Waals surface area contributed by atoms with Gasteiger partial charge in [-0.1, -0.05) is 25.9 Å². The van der Waals surface area contributed by atoms with Crippen molar-refractivity contribution in [2.75, 3.05) is 26.7 Å². The van der Waals surface area contributed by atoms with Crippen LogP contribution in [0.2, 0.25) is 0 Å². The van der Waals surface area contributed by atoms with Gasteiger partial charge in [0.05, 0.1) is 6.54 Å². The molecule has 0 aromatic carbocycles. The van der Waals surface area contributed by atoms with Gasteiger partial charge in [-0.2, -0.15) is 4.98 Å². The third-order valence-corrected chi connectivity index (χ3v) is 3.96. The molecule has 0 saturated carbocycles. The number of nitrogens with zero attached hydrogens (tertiary/aromatic N) is 4. The van der Waals surface area contributed by atoms with Gasteiger partial charge in [0.15, 0.2) is 5.82 Å². The molecule has 1 atom stereocenters. The molecule has 0 radical (unpaired) electrons. The Kier molecular flexibility index (Phi) is 6.38. The van der Waals surface area contributed by atoms with Crippen molar-refractivity contribution in [2.45, 2.75) is 52.6 Å². The third-order valence-electron chi connectivity index (χ3n) is 3.96. The summed E-state index contributed by atoms with van der Waals surface area (Å²) in [6, 6.07) is 0.154. The molecule has 1 N–H and O–H groups in total. The molecule has 130 valence electrons. The summed E-state index contributed by atoms with van der Waals surface area (Å²) in [5.74, 6) is 1.66. The number of carbonyl (C=O) groups excluding carboxylic acids is 1. The highest BCUT2D eigenvalue weighted by molar-refractivity contribution is 5.74. The van der Waals surface area contributed by atoms with E-state index in [2.05, 4.69) is 41.1 Å². The van der Waals surface area contributed by atoms with Crippen molar-refractivity contribution in [3.63, 3.8) is 0 Å². The first-order valence-corrected chi connectivity index (χ1v) is 8.53. The fraction of sp³-hybridized carbons (Fsp3) is 0.812. The highest BCUT2D eigenvalue weighted by atomic mass is 16.5. The molecule has 7 heteroatoms. The van der Waals surface area contributed by atoms with Crippen LogP contribution in [0.3, 0.4) is 0 Å². The molecule has 1 saturated heterocycles. The number of carbonyl (C=O) groups is 1. The van der Waals surface area contributed by atoms with Gasteiger partial charge in [0.25, 0.3) is 0 Å². The van der Waals surface area contributed by atoms with Gasteiger partial charge in [-0.3, -0.25) is 0 Å². The number of rotatable bonds is 7. The van der Waals surface area contributed by atoms with E-state index < -0.39 is 0 Å². The molecule has 0 aliphatic carbocycles. The van der Waals surface area contributed by atoms with E-state index in [0.717, 1.165) is 38.9 Å². The summed E-state index contributed by atoms with van der Waals surface area (Å²) in [5.41, 5.74) is 0. The van der Waals surface area contributed by atoms with Gasteiger partial charge >= 0.3 is 6.03 Å². The molecule has 1 aliphatic heterocycles.